The molecule has 2 aromatic rings. The predicted molar refractivity (Wildman–Crippen MR) is 193 cm³/mol. The minimum atomic E-state index is -0.313. The first-order chi connectivity index (χ1) is 23.3. The molecule has 0 bridgehead atoms. The van der Waals surface area contributed by atoms with Crippen LogP contribution in [-0.4, -0.2) is 92.2 Å². The summed E-state index contributed by atoms with van der Waals surface area (Å²) >= 11 is 6.42. The summed E-state index contributed by atoms with van der Waals surface area (Å²) in [6.07, 6.45) is 6.90. The van der Waals surface area contributed by atoms with Crippen molar-refractivity contribution in [3.8, 4) is 5.75 Å². The maximum absolute atomic E-state index is 12.6. The molecule has 3 aliphatic heterocycles. The number of carbonyl (C=O) groups is 1. The molecule has 3 fully saturated rings. The van der Waals surface area contributed by atoms with Crippen LogP contribution in [0, 0.1) is 6.92 Å². The largest absolute Gasteiger partial charge is 0.494 e. The number of amides is 1. The fourth-order valence-corrected chi connectivity index (χ4v) is 7.13. The number of hydrogen-bond donors (Lipinski definition) is 4. The molecule has 12 nitrogen and oxygen atoms in total. The summed E-state index contributed by atoms with van der Waals surface area (Å²) in [4.78, 5) is 30.7. The second-order valence-corrected chi connectivity index (χ2v) is 12.9. The molecule has 1 amide bonds. The molecule has 0 aromatic heterocycles. The average molecular weight is 680 g/mol. The van der Waals surface area contributed by atoms with Gasteiger partial charge in [0, 0.05) is 68.9 Å². The van der Waals surface area contributed by atoms with Crippen molar-refractivity contribution in [1.29, 1.82) is 0 Å². The number of methoxy groups -OCH3 is 1. The van der Waals surface area contributed by atoms with Gasteiger partial charge < -0.3 is 31.0 Å². The van der Waals surface area contributed by atoms with E-state index in [1.165, 1.54) is 19.0 Å². The Hall–Kier alpha value is -3.81. The monoisotopic (exact) mass is 679 g/mol. The highest BCUT2D eigenvalue weighted by Gasteiger charge is 2.32. The molecule has 3 aliphatic rings. The molecule has 6 N–H and O–H groups in total. The zero-order chi connectivity index (χ0) is 34.2. The SMILES string of the molecule is C=CC(=O)Nc1cc(N=C(N)/C=C(\NN)N2OCC[C@@H]2c2cccc(Cl)c2C)c(OC)cc1N1CCC(N2CCN(CCC)CC2)CC1. The quantitative estimate of drug-likeness (QED) is 0.0838. The molecule has 3 heterocycles. The summed E-state index contributed by atoms with van der Waals surface area (Å²) in [6, 6.07) is 9.96. The third-order valence-corrected chi connectivity index (χ3v) is 9.91. The third kappa shape index (κ3) is 8.24. The van der Waals surface area contributed by atoms with E-state index in [2.05, 4.69) is 43.9 Å². The number of hydrogen-bond acceptors (Lipinski definition) is 10. The van der Waals surface area contributed by atoms with E-state index in [4.69, 9.17) is 32.8 Å². The van der Waals surface area contributed by atoms with Gasteiger partial charge >= 0.3 is 0 Å². The molecule has 260 valence electrons. The highest BCUT2D eigenvalue weighted by Crippen LogP contribution is 2.41. The fraction of sp³-hybridized carbons (Fsp3) is 0.486. The maximum Gasteiger partial charge on any atom is 0.247 e. The molecular weight excluding hydrogens is 630 g/mol. The van der Waals surface area contributed by atoms with E-state index in [1.54, 1.807) is 24.3 Å². The Bertz CT molecular complexity index is 1500. The molecule has 5 rings (SSSR count). The lowest BCUT2D eigenvalue weighted by molar-refractivity contribution is -0.111. The number of ether oxygens (including phenoxy) is 1. The number of hydroxylamine groups is 2. The lowest BCUT2D eigenvalue weighted by Crippen LogP contribution is -2.53. The lowest BCUT2D eigenvalue weighted by atomic mass is 9.99. The van der Waals surface area contributed by atoms with E-state index >= 15 is 0 Å². The normalized spacial score (nSPS) is 20.2. The van der Waals surface area contributed by atoms with Crippen LogP contribution in [0.1, 0.15) is 49.8 Å². The number of benzene rings is 2. The second-order valence-electron chi connectivity index (χ2n) is 12.5. The Labute approximate surface area is 289 Å². The summed E-state index contributed by atoms with van der Waals surface area (Å²) in [7, 11) is 1.60. The van der Waals surface area contributed by atoms with Crippen molar-refractivity contribution in [3.05, 3.63) is 71.0 Å². The summed E-state index contributed by atoms with van der Waals surface area (Å²) in [5.74, 6) is 6.77. The van der Waals surface area contributed by atoms with Gasteiger partial charge in [0.15, 0.2) is 0 Å². The Morgan fingerprint density at radius 1 is 1.17 bits per heavy atom. The maximum atomic E-state index is 12.6. The van der Waals surface area contributed by atoms with Crippen LogP contribution in [0.2, 0.25) is 5.02 Å². The molecule has 0 radical (unpaired) electrons. The number of nitrogens with two attached hydrogens (primary N) is 2. The van der Waals surface area contributed by atoms with Crippen molar-refractivity contribution in [3.63, 3.8) is 0 Å². The van der Waals surface area contributed by atoms with Crippen LogP contribution in [0.25, 0.3) is 0 Å². The topological polar surface area (TPSA) is 137 Å². The van der Waals surface area contributed by atoms with Crippen LogP contribution in [0.5, 0.6) is 5.75 Å². The van der Waals surface area contributed by atoms with E-state index in [1.807, 2.05) is 31.2 Å². The second kappa shape index (κ2) is 16.5. The van der Waals surface area contributed by atoms with Gasteiger partial charge in [-0.15, -0.1) is 0 Å². The van der Waals surface area contributed by atoms with Crippen molar-refractivity contribution >= 4 is 40.4 Å². The number of aliphatic imine (C=N–C) groups is 1. The number of amidine groups is 1. The van der Waals surface area contributed by atoms with Crippen molar-refractivity contribution in [2.45, 2.75) is 51.6 Å². The van der Waals surface area contributed by atoms with Crippen LogP contribution in [0.3, 0.4) is 0 Å². The minimum Gasteiger partial charge on any atom is -0.494 e. The first kappa shape index (κ1) is 35.5. The van der Waals surface area contributed by atoms with Gasteiger partial charge in [-0.05, 0) is 62.1 Å². The van der Waals surface area contributed by atoms with Gasteiger partial charge in [-0.3, -0.25) is 14.5 Å². The highest BCUT2D eigenvalue weighted by molar-refractivity contribution is 6.31. The fourth-order valence-electron chi connectivity index (χ4n) is 6.95. The summed E-state index contributed by atoms with van der Waals surface area (Å²) in [5, 5.41) is 5.36. The van der Waals surface area contributed by atoms with Crippen LogP contribution in [0.4, 0.5) is 17.1 Å². The summed E-state index contributed by atoms with van der Waals surface area (Å²) in [5.41, 5.74) is 13.1. The minimum absolute atomic E-state index is 0.122. The van der Waals surface area contributed by atoms with E-state index in [-0.39, 0.29) is 17.8 Å². The Kier molecular flexibility index (Phi) is 12.2. The number of piperazine rings is 1. The standard InChI is InChI=1S/C35H50ClN9O3/c1-5-13-42-16-18-43(19-17-42)25-10-14-44(15-11-25)31-22-32(47-4)29(21-28(31)40-35(46)6-2)39-33(37)23-34(41-38)45-30(12-20-48-45)26-8-7-9-27(36)24(26)3/h6-9,21-23,25,30,41H,2,5,10-20,38H2,1,3-4H3,(H2,37,39)(H,40,46)/b34-23+/t30-/m1/s1. The molecule has 0 saturated carbocycles. The molecule has 1 atom stereocenters. The van der Waals surface area contributed by atoms with E-state index in [0.29, 0.717) is 40.6 Å². The molecule has 0 unspecified atom stereocenters. The third-order valence-electron chi connectivity index (χ3n) is 9.50. The van der Waals surface area contributed by atoms with E-state index in [9.17, 15) is 4.79 Å². The lowest BCUT2D eigenvalue weighted by Gasteiger charge is -2.43. The molecule has 0 aliphatic carbocycles. The molecular formula is C35H50ClN9O3. The van der Waals surface area contributed by atoms with Gasteiger partial charge in [-0.25, -0.2) is 15.9 Å². The van der Waals surface area contributed by atoms with Gasteiger partial charge in [0.05, 0.1) is 31.1 Å². The van der Waals surface area contributed by atoms with Crippen molar-refractivity contribution in [1.82, 2.24) is 20.3 Å². The Balaban J connectivity index is 1.36. The number of rotatable bonds is 12. The summed E-state index contributed by atoms with van der Waals surface area (Å²) < 4.78 is 5.80. The predicted octanol–water partition coefficient (Wildman–Crippen LogP) is 4.45. The molecule has 0 spiro atoms. The highest BCUT2D eigenvalue weighted by atomic mass is 35.5. The number of nitrogens with one attached hydrogen (secondary N) is 2. The van der Waals surface area contributed by atoms with Gasteiger partial charge in [0.25, 0.3) is 0 Å². The van der Waals surface area contributed by atoms with E-state index < -0.39 is 0 Å². The smallest absolute Gasteiger partial charge is 0.247 e. The van der Waals surface area contributed by atoms with Crippen molar-refractivity contribution < 1.29 is 14.4 Å². The first-order valence-corrected chi connectivity index (χ1v) is 17.2. The van der Waals surface area contributed by atoms with Gasteiger partial charge in [0.1, 0.15) is 23.1 Å². The molecule has 3 saturated heterocycles. The zero-order valence-corrected chi connectivity index (χ0v) is 29.1. The van der Waals surface area contributed by atoms with Gasteiger partial charge in [0.2, 0.25) is 5.91 Å². The van der Waals surface area contributed by atoms with Crippen LogP contribution in [0.15, 0.2) is 59.9 Å². The molecule has 13 heteroatoms. The molecule has 48 heavy (non-hydrogen) atoms. The Morgan fingerprint density at radius 3 is 2.58 bits per heavy atom. The average Bonchev–Trinajstić information content (AvgIpc) is 3.58. The first-order valence-electron chi connectivity index (χ1n) is 16.8. The summed E-state index contributed by atoms with van der Waals surface area (Å²) in [6.45, 7) is 15.8. The van der Waals surface area contributed by atoms with Crippen molar-refractivity contribution in [2.75, 3.05) is 69.7 Å². The van der Waals surface area contributed by atoms with Gasteiger partial charge in [-0.2, -0.15) is 0 Å². The van der Waals surface area contributed by atoms with Crippen LogP contribution in [-0.2, 0) is 9.63 Å². The molecule has 2 aromatic carbocycles. The number of carbonyl (C=O) groups excluding carboxylic acids is 1. The Morgan fingerprint density at radius 2 is 1.92 bits per heavy atom. The number of piperidine rings is 1. The van der Waals surface area contributed by atoms with Crippen LogP contribution < -0.4 is 32.0 Å². The van der Waals surface area contributed by atoms with E-state index in [0.717, 1.165) is 75.3 Å². The van der Waals surface area contributed by atoms with Crippen molar-refractivity contribution in [2.24, 2.45) is 16.6 Å². The number of halogens is 1. The van der Waals surface area contributed by atoms with Crippen LogP contribution >= 0.6 is 11.6 Å². The number of anilines is 2. The number of nitrogens with zero attached hydrogens (tertiary/aromatic N) is 5. The van der Waals surface area contributed by atoms with Gasteiger partial charge in [-0.1, -0.05) is 37.2 Å². The number of hydrazine groups is 1. The zero-order valence-electron chi connectivity index (χ0n) is 28.4.